The van der Waals surface area contributed by atoms with Gasteiger partial charge in [-0.25, -0.2) is 0 Å². The van der Waals surface area contributed by atoms with Crippen LogP contribution in [0.15, 0.2) is 60.9 Å². The zero-order valence-corrected chi connectivity index (χ0v) is 15.6. The van der Waals surface area contributed by atoms with E-state index in [2.05, 4.69) is 45.6 Å². The lowest BCUT2D eigenvalue weighted by Crippen LogP contribution is -2.26. The molecule has 0 radical (unpaired) electrons. The number of nitrogens with two attached hydrogens (primary N) is 1. The second-order valence-corrected chi connectivity index (χ2v) is 7.13. The van der Waals surface area contributed by atoms with Crippen molar-refractivity contribution in [2.45, 2.75) is 44.8 Å². The molecule has 1 aliphatic carbocycles. The molecule has 1 aromatic carbocycles. The molecule has 1 atom stereocenters. The number of nitrogens with one attached hydrogen (secondary N) is 1. The van der Waals surface area contributed by atoms with E-state index in [4.69, 9.17) is 5.73 Å². The van der Waals surface area contributed by atoms with E-state index in [1.54, 1.807) is 0 Å². The second kappa shape index (κ2) is 8.42. The Hall–Kier alpha value is -2.56. The van der Waals surface area contributed by atoms with Crippen molar-refractivity contribution in [2.75, 3.05) is 0 Å². The van der Waals surface area contributed by atoms with Crippen molar-refractivity contribution in [2.24, 2.45) is 5.73 Å². The summed E-state index contributed by atoms with van der Waals surface area (Å²) in [7, 11) is 0. The van der Waals surface area contributed by atoms with Crippen LogP contribution in [0, 0.1) is 0 Å². The first kappa shape index (κ1) is 17.8. The van der Waals surface area contributed by atoms with Gasteiger partial charge >= 0.3 is 0 Å². The lowest BCUT2D eigenvalue weighted by molar-refractivity contribution is 0.447. The molecule has 4 rings (SSSR count). The number of benzene rings is 1. The van der Waals surface area contributed by atoms with Crippen LogP contribution in [-0.2, 0) is 25.9 Å². The van der Waals surface area contributed by atoms with Gasteiger partial charge in [0.05, 0.1) is 11.7 Å². The summed E-state index contributed by atoms with van der Waals surface area (Å²) in [4.78, 5) is 9.14. The fourth-order valence-corrected chi connectivity index (χ4v) is 4.00. The van der Waals surface area contributed by atoms with Crippen LogP contribution >= 0.6 is 0 Å². The lowest BCUT2D eigenvalue weighted by Gasteiger charge is -2.26. The number of aromatic nitrogens is 2. The van der Waals surface area contributed by atoms with Crippen LogP contribution < -0.4 is 11.1 Å². The molecule has 2 heterocycles. The maximum atomic E-state index is 6.02. The van der Waals surface area contributed by atoms with Gasteiger partial charge < -0.3 is 11.1 Å². The summed E-state index contributed by atoms with van der Waals surface area (Å²) in [6, 6.07) is 17.1. The topological polar surface area (TPSA) is 63.8 Å². The number of nitrogens with zero attached hydrogens (tertiary/aromatic N) is 2. The van der Waals surface area contributed by atoms with Gasteiger partial charge in [0.1, 0.15) is 0 Å². The van der Waals surface area contributed by atoms with Crippen LogP contribution in [0.4, 0.5) is 0 Å². The fraction of sp³-hybridized carbons (Fsp3) is 0.304. The van der Waals surface area contributed by atoms with Crippen molar-refractivity contribution in [1.29, 1.82) is 0 Å². The van der Waals surface area contributed by atoms with Gasteiger partial charge in [-0.3, -0.25) is 9.97 Å². The number of aryl methyl sites for hydroxylation is 1. The molecule has 2 aromatic heterocycles. The zero-order valence-electron chi connectivity index (χ0n) is 15.6. The van der Waals surface area contributed by atoms with E-state index in [0.29, 0.717) is 12.6 Å². The molecule has 0 bridgehead atoms. The third-order valence-electron chi connectivity index (χ3n) is 5.41. The number of fused-ring (bicyclic) bond motifs is 1. The van der Waals surface area contributed by atoms with Crippen molar-refractivity contribution >= 4 is 0 Å². The van der Waals surface area contributed by atoms with Gasteiger partial charge in [-0.05, 0) is 59.7 Å². The summed E-state index contributed by atoms with van der Waals surface area (Å²) >= 11 is 0. The van der Waals surface area contributed by atoms with Gasteiger partial charge in [-0.15, -0.1) is 0 Å². The molecule has 3 aromatic rings. The zero-order chi connectivity index (χ0) is 18.5. The van der Waals surface area contributed by atoms with Crippen LogP contribution in [0.3, 0.4) is 0 Å². The summed E-state index contributed by atoms with van der Waals surface area (Å²) in [5.41, 5.74) is 13.5. The fourth-order valence-electron chi connectivity index (χ4n) is 4.00. The van der Waals surface area contributed by atoms with Crippen molar-refractivity contribution in [3.8, 4) is 0 Å². The summed E-state index contributed by atoms with van der Waals surface area (Å²) in [5, 5.41) is 3.75. The molecule has 3 N–H and O–H groups in total. The smallest absolute Gasteiger partial charge is 0.0605 e. The first-order valence-electron chi connectivity index (χ1n) is 9.72. The molecule has 138 valence electrons. The van der Waals surface area contributed by atoms with Crippen LogP contribution in [0.2, 0.25) is 0 Å². The third-order valence-corrected chi connectivity index (χ3v) is 5.41. The standard InChI is InChI=1S/C23H26N4/c24-15-18-7-3-8-19(21(18)14-20-10-1-2-12-25-20)16-27-22-11-4-6-17-9-5-13-26-23(17)22/h1-3,5,7-10,12-13,22,27H,4,6,11,14-16,24H2. The maximum Gasteiger partial charge on any atom is 0.0605 e. The predicted octanol–water partition coefficient (Wildman–Crippen LogP) is 3.69. The molecule has 0 saturated carbocycles. The highest BCUT2D eigenvalue weighted by Crippen LogP contribution is 2.28. The van der Waals surface area contributed by atoms with Gasteiger partial charge in [0, 0.05) is 37.6 Å². The normalized spacial score (nSPS) is 16.1. The Balaban J connectivity index is 1.56. The molecule has 0 spiro atoms. The maximum absolute atomic E-state index is 6.02. The lowest BCUT2D eigenvalue weighted by atomic mass is 9.91. The highest BCUT2D eigenvalue weighted by atomic mass is 14.9. The SMILES string of the molecule is NCc1cccc(CNC2CCCc3cccnc32)c1Cc1ccccn1. The van der Waals surface area contributed by atoms with E-state index < -0.39 is 0 Å². The van der Waals surface area contributed by atoms with Crippen LogP contribution in [0.5, 0.6) is 0 Å². The van der Waals surface area contributed by atoms with Gasteiger partial charge in [-0.1, -0.05) is 30.3 Å². The average molecular weight is 358 g/mol. The van der Waals surface area contributed by atoms with E-state index in [1.165, 1.54) is 34.4 Å². The minimum atomic E-state index is 0.319. The Labute approximate surface area is 160 Å². The van der Waals surface area contributed by atoms with Gasteiger partial charge in [0.15, 0.2) is 0 Å². The average Bonchev–Trinajstić information content (AvgIpc) is 2.73. The van der Waals surface area contributed by atoms with E-state index in [0.717, 1.165) is 31.5 Å². The molecular weight excluding hydrogens is 332 g/mol. The number of hydrogen-bond donors (Lipinski definition) is 2. The Bertz CT molecular complexity index is 892. The molecule has 0 fully saturated rings. The van der Waals surface area contributed by atoms with Crippen LogP contribution in [0.25, 0.3) is 0 Å². The molecule has 4 heteroatoms. The van der Waals surface area contributed by atoms with Crippen LogP contribution in [-0.4, -0.2) is 9.97 Å². The Morgan fingerprint density at radius 1 is 0.963 bits per heavy atom. The molecule has 1 unspecified atom stereocenters. The van der Waals surface area contributed by atoms with Gasteiger partial charge in [0.2, 0.25) is 0 Å². The van der Waals surface area contributed by atoms with Gasteiger partial charge in [0.25, 0.3) is 0 Å². The monoisotopic (exact) mass is 358 g/mol. The van der Waals surface area contributed by atoms with E-state index in [9.17, 15) is 0 Å². The molecule has 4 nitrogen and oxygen atoms in total. The molecule has 0 aliphatic heterocycles. The van der Waals surface area contributed by atoms with Crippen molar-refractivity contribution in [3.63, 3.8) is 0 Å². The van der Waals surface area contributed by atoms with E-state index >= 15 is 0 Å². The predicted molar refractivity (Wildman–Crippen MR) is 108 cm³/mol. The molecule has 1 aliphatic rings. The van der Waals surface area contributed by atoms with Crippen LogP contribution in [0.1, 0.15) is 52.5 Å². The van der Waals surface area contributed by atoms with Crippen molar-refractivity contribution in [1.82, 2.24) is 15.3 Å². The number of hydrogen-bond acceptors (Lipinski definition) is 4. The second-order valence-electron chi connectivity index (χ2n) is 7.13. The molecule has 0 saturated heterocycles. The Morgan fingerprint density at radius 3 is 2.70 bits per heavy atom. The van der Waals surface area contributed by atoms with Crippen molar-refractivity contribution < 1.29 is 0 Å². The minimum Gasteiger partial charge on any atom is -0.326 e. The highest BCUT2D eigenvalue weighted by molar-refractivity contribution is 5.38. The summed E-state index contributed by atoms with van der Waals surface area (Å²) in [5.74, 6) is 0. The first-order chi connectivity index (χ1) is 13.3. The molecule has 27 heavy (non-hydrogen) atoms. The Kier molecular flexibility index (Phi) is 5.56. The van der Waals surface area contributed by atoms with Gasteiger partial charge in [-0.2, -0.15) is 0 Å². The minimum absolute atomic E-state index is 0.319. The summed E-state index contributed by atoms with van der Waals surface area (Å²) in [6.45, 7) is 1.36. The largest absolute Gasteiger partial charge is 0.326 e. The summed E-state index contributed by atoms with van der Waals surface area (Å²) in [6.07, 6.45) is 8.04. The van der Waals surface area contributed by atoms with E-state index in [-0.39, 0.29) is 0 Å². The van der Waals surface area contributed by atoms with Crippen molar-refractivity contribution in [3.05, 3.63) is 94.6 Å². The quantitative estimate of drug-likeness (QED) is 0.705. The molecule has 0 amide bonds. The third kappa shape index (κ3) is 4.07. The summed E-state index contributed by atoms with van der Waals surface area (Å²) < 4.78 is 0. The highest BCUT2D eigenvalue weighted by Gasteiger charge is 2.21. The Morgan fingerprint density at radius 2 is 1.85 bits per heavy atom. The number of pyridine rings is 2. The first-order valence-corrected chi connectivity index (χ1v) is 9.72. The van der Waals surface area contributed by atoms with E-state index in [1.807, 2.05) is 30.6 Å². The molecular formula is C23H26N4. The number of rotatable bonds is 6.